The lowest BCUT2D eigenvalue weighted by atomic mass is 9.84. The number of fused-ring (bicyclic) bond motifs is 2. The molecule has 1 saturated carbocycles. The van der Waals surface area contributed by atoms with E-state index in [1.165, 1.54) is 18.5 Å². The molecule has 0 spiro atoms. The van der Waals surface area contributed by atoms with Gasteiger partial charge in [0, 0.05) is 55.6 Å². The largest absolute Gasteiger partial charge is 0.496 e. The van der Waals surface area contributed by atoms with Gasteiger partial charge in [0.2, 0.25) is 11.8 Å². The highest BCUT2D eigenvalue weighted by Gasteiger charge is 2.34. The standard InChI is InChI=1S/C41H45N9O6/c1-47-38-32(50(41(47)54)33-9-11-36(51)45-40(33)53)8-10-34(55-2)37(38)26-12-14-48(15-13-26)22-24-4-6-29(7-5-24)49-23-28-17-31(35(56-3)18-30(28)46-49)44-39(52)27-16-25(19-42)20-43-21-27/h8,10,16-18,20-21,23-24,26,29,33H,4-7,9,11-15,22H2,1-3H3,(H,44,52)(H,45,51,53). The Morgan fingerprint density at radius 3 is 2.46 bits per heavy atom. The van der Waals surface area contributed by atoms with Gasteiger partial charge in [0.15, 0.2) is 0 Å². The summed E-state index contributed by atoms with van der Waals surface area (Å²) in [7, 11) is 4.96. The van der Waals surface area contributed by atoms with E-state index in [9.17, 15) is 24.4 Å². The van der Waals surface area contributed by atoms with E-state index >= 15 is 0 Å². The zero-order valence-corrected chi connectivity index (χ0v) is 31.8. The third-order valence-corrected chi connectivity index (χ3v) is 11.9. The van der Waals surface area contributed by atoms with Crippen LogP contribution in [0.1, 0.15) is 90.9 Å². The average molecular weight is 760 g/mol. The molecule has 3 aliphatic rings. The van der Waals surface area contributed by atoms with Gasteiger partial charge in [-0.2, -0.15) is 10.4 Å². The van der Waals surface area contributed by atoms with Gasteiger partial charge in [-0.05, 0) is 94.1 Å². The number of hydrogen-bond donors (Lipinski definition) is 2. The van der Waals surface area contributed by atoms with Crippen LogP contribution in [-0.2, 0) is 16.6 Å². The number of hydrogen-bond acceptors (Lipinski definition) is 10. The summed E-state index contributed by atoms with van der Waals surface area (Å²) in [5.74, 6) is 0.892. The third kappa shape index (κ3) is 6.89. The van der Waals surface area contributed by atoms with E-state index in [0.717, 1.165) is 85.9 Å². The van der Waals surface area contributed by atoms with E-state index < -0.39 is 11.9 Å². The Balaban J connectivity index is 0.900. The van der Waals surface area contributed by atoms with Crippen molar-refractivity contribution in [2.75, 3.05) is 39.2 Å². The molecule has 8 rings (SSSR count). The lowest BCUT2D eigenvalue weighted by Gasteiger charge is -2.37. The average Bonchev–Trinajstić information content (AvgIpc) is 3.74. The second-order valence-corrected chi connectivity index (χ2v) is 15.2. The van der Waals surface area contributed by atoms with E-state index in [1.54, 1.807) is 30.4 Å². The smallest absolute Gasteiger partial charge is 0.329 e. The first-order valence-electron chi connectivity index (χ1n) is 19.2. The molecule has 5 heterocycles. The Kier molecular flexibility index (Phi) is 10.1. The Morgan fingerprint density at radius 2 is 1.75 bits per heavy atom. The van der Waals surface area contributed by atoms with Crippen molar-refractivity contribution in [3.8, 4) is 17.6 Å². The molecule has 2 aromatic carbocycles. The summed E-state index contributed by atoms with van der Waals surface area (Å²) in [4.78, 5) is 57.8. The monoisotopic (exact) mass is 759 g/mol. The number of aromatic nitrogens is 5. The molecule has 15 heteroatoms. The van der Waals surface area contributed by atoms with Crippen LogP contribution in [0.5, 0.6) is 11.5 Å². The lowest BCUT2D eigenvalue weighted by molar-refractivity contribution is -0.135. The number of rotatable bonds is 9. The number of imidazole rings is 1. The summed E-state index contributed by atoms with van der Waals surface area (Å²) in [5.41, 5.74) is 4.12. The van der Waals surface area contributed by atoms with Crippen LogP contribution in [0.25, 0.3) is 21.9 Å². The summed E-state index contributed by atoms with van der Waals surface area (Å²) < 4.78 is 16.7. The van der Waals surface area contributed by atoms with Crippen LogP contribution in [0.15, 0.2) is 53.7 Å². The fourth-order valence-electron chi connectivity index (χ4n) is 8.99. The molecule has 1 aliphatic carbocycles. The molecular weight excluding hydrogens is 715 g/mol. The molecule has 2 saturated heterocycles. The van der Waals surface area contributed by atoms with Crippen molar-refractivity contribution in [1.29, 1.82) is 5.26 Å². The predicted octanol–water partition coefficient (Wildman–Crippen LogP) is 4.81. The number of piperidine rings is 2. The Labute approximate surface area is 323 Å². The minimum absolute atomic E-state index is 0.192. The van der Waals surface area contributed by atoms with Crippen LogP contribution < -0.4 is 25.8 Å². The van der Waals surface area contributed by atoms with E-state index in [-0.39, 0.29) is 41.4 Å². The summed E-state index contributed by atoms with van der Waals surface area (Å²) in [6.07, 6.45) is 11.5. The molecule has 290 valence electrons. The molecule has 5 aromatic rings. The van der Waals surface area contributed by atoms with Gasteiger partial charge in [0.05, 0.1) is 53.6 Å². The van der Waals surface area contributed by atoms with Gasteiger partial charge in [-0.3, -0.25) is 38.5 Å². The SMILES string of the molecule is COc1cc2nn(C3CCC(CN4CCC(c5c(OC)ccc6c5n(C)c(=O)n6C5CCC(=O)NC5=O)CC4)CC3)cc2cc1NC(=O)c1cncc(C#N)c1. The van der Waals surface area contributed by atoms with Crippen molar-refractivity contribution >= 4 is 45.3 Å². The minimum Gasteiger partial charge on any atom is -0.496 e. The summed E-state index contributed by atoms with van der Waals surface area (Å²) in [6.45, 7) is 2.92. The number of carbonyl (C=O) groups is 3. The van der Waals surface area contributed by atoms with E-state index in [1.807, 2.05) is 36.5 Å². The molecule has 1 unspecified atom stereocenters. The summed E-state index contributed by atoms with van der Waals surface area (Å²) in [5, 5.41) is 20.3. The number of nitriles is 1. The number of nitrogens with one attached hydrogen (secondary N) is 2. The number of anilines is 1. The van der Waals surface area contributed by atoms with Crippen LogP contribution in [0.3, 0.4) is 0 Å². The molecule has 1 atom stereocenters. The van der Waals surface area contributed by atoms with Gasteiger partial charge >= 0.3 is 5.69 Å². The summed E-state index contributed by atoms with van der Waals surface area (Å²) >= 11 is 0. The molecule has 15 nitrogen and oxygen atoms in total. The van der Waals surface area contributed by atoms with Crippen molar-refractivity contribution in [1.82, 2.24) is 34.1 Å². The molecule has 2 aliphatic heterocycles. The highest BCUT2D eigenvalue weighted by molar-refractivity contribution is 6.06. The Bertz CT molecular complexity index is 2440. The maximum atomic E-state index is 13.6. The van der Waals surface area contributed by atoms with Gasteiger partial charge in [0.25, 0.3) is 5.91 Å². The van der Waals surface area contributed by atoms with Crippen LogP contribution in [0.2, 0.25) is 0 Å². The first-order valence-corrected chi connectivity index (χ1v) is 19.2. The molecule has 0 bridgehead atoms. The molecule has 3 amide bonds. The van der Waals surface area contributed by atoms with Gasteiger partial charge in [-0.25, -0.2) is 4.79 Å². The zero-order valence-electron chi connectivity index (χ0n) is 31.8. The number of likely N-dealkylation sites (tertiary alicyclic amines) is 1. The minimum atomic E-state index is -0.732. The highest BCUT2D eigenvalue weighted by Crippen LogP contribution is 2.41. The van der Waals surface area contributed by atoms with Crippen molar-refractivity contribution in [2.45, 2.75) is 69.4 Å². The summed E-state index contributed by atoms with van der Waals surface area (Å²) in [6, 6.07) is 10.5. The Morgan fingerprint density at radius 1 is 0.982 bits per heavy atom. The molecule has 56 heavy (non-hydrogen) atoms. The van der Waals surface area contributed by atoms with Crippen molar-refractivity contribution in [3.05, 3.63) is 76.1 Å². The van der Waals surface area contributed by atoms with Gasteiger partial charge in [-0.1, -0.05) is 0 Å². The molecular formula is C41H45N9O6. The second kappa shape index (κ2) is 15.3. The number of carbonyl (C=O) groups excluding carboxylic acids is 3. The predicted molar refractivity (Wildman–Crippen MR) is 208 cm³/mol. The quantitative estimate of drug-likeness (QED) is 0.198. The van der Waals surface area contributed by atoms with Crippen LogP contribution in [-0.4, -0.2) is 80.4 Å². The molecule has 0 radical (unpaired) electrons. The lowest BCUT2D eigenvalue weighted by Crippen LogP contribution is -2.44. The third-order valence-electron chi connectivity index (χ3n) is 11.9. The number of benzene rings is 2. The number of ether oxygens (including phenoxy) is 2. The van der Waals surface area contributed by atoms with Crippen LogP contribution in [0.4, 0.5) is 5.69 Å². The fourth-order valence-corrected chi connectivity index (χ4v) is 8.99. The number of methoxy groups -OCH3 is 2. The normalized spacial score (nSPS) is 20.9. The topological polar surface area (TPSA) is 178 Å². The van der Waals surface area contributed by atoms with Gasteiger partial charge in [0.1, 0.15) is 23.6 Å². The van der Waals surface area contributed by atoms with Crippen molar-refractivity contribution < 1.29 is 23.9 Å². The van der Waals surface area contributed by atoms with E-state index in [0.29, 0.717) is 34.9 Å². The maximum absolute atomic E-state index is 13.6. The van der Waals surface area contributed by atoms with E-state index in [4.69, 9.17) is 14.6 Å². The van der Waals surface area contributed by atoms with Gasteiger partial charge in [-0.15, -0.1) is 0 Å². The van der Waals surface area contributed by atoms with E-state index in [2.05, 4.69) is 25.2 Å². The maximum Gasteiger partial charge on any atom is 0.329 e. The number of imide groups is 1. The van der Waals surface area contributed by atoms with Crippen molar-refractivity contribution in [2.24, 2.45) is 13.0 Å². The number of nitrogens with zero attached hydrogens (tertiary/aromatic N) is 7. The fraction of sp³-hybridized carbons (Fsp3) is 0.439. The second-order valence-electron chi connectivity index (χ2n) is 15.2. The van der Waals surface area contributed by atoms with Crippen LogP contribution >= 0.6 is 0 Å². The number of pyridine rings is 1. The molecule has 3 fully saturated rings. The molecule has 3 aromatic heterocycles. The highest BCUT2D eigenvalue weighted by atomic mass is 16.5. The Hall–Kier alpha value is -6.01. The first-order chi connectivity index (χ1) is 27.1. The zero-order chi connectivity index (χ0) is 39.1. The van der Waals surface area contributed by atoms with Crippen LogP contribution in [0, 0.1) is 17.2 Å². The van der Waals surface area contributed by atoms with Gasteiger partial charge < -0.3 is 19.7 Å². The van der Waals surface area contributed by atoms with Crippen molar-refractivity contribution in [3.63, 3.8) is 0 Å². The molecule has 2 N–H and O–H groups in total. The number of amides is 3. The number of aryl methyl sites for hydroxylation is 1. The first kappa shape index (κ1) is 36.9.